The Labute approximate surface area is 128 Å². The van der Waals surface area contributed by atoms with E-state index in [0.29, 0.717) is 6.04 Å². The molecule has 4 rings (SSSR count). The predicted octanol–water partition coefficient (Wildman–Crippen LogP) is 1.46. The molecule has 3 aromatic heterocycles. The number of rotatable bonds is 3. The standard InChI is InChI=1S/C15H17N7/c1-21(13-8-16-5-6-17-13)11-3-7-22(9-11)15-12-2-4-18-14(12)19-10-20-15/h2,4-6,8,10-11H,3,7,9H2,1H3,(H,18,19,20). The molecule has 1 atom stereocenters. The highest BCUT2D eigenvalue weighted by molar-refractivity contribution is 5.87. The molecule has 1 saturated heterocycles. The first kappa shape index (κ1) is 13.0. The second-order valence-corrected chi connectivity index (χ2v) is 5.50. The fourth-order valence-corrected chi connectivity index (χ4v) is 3.02. The van der Waals surface area contributed by atoms with Crippen LogP contribution in [0.15, 0.2) is 37.2 Å². The Balaban J connectivity index is 1.56. The molecular formula is C15H17N7. The third-order valence-corrected chi connectivity index (χ3v) is 4.25. The van der Waals surface area contributed by atoms with Crippen molar-refractivity contribution in [3.05, 3.63) is 37.2 Å². The normalized spacial score (nSPS) is 18.0. The average molecular weight is 295 g/mol. The molecule has 0 aromatic carbocycles. The minimum atomic E-state index is 0.403. The van der Waals surface area contributed by atoms with Gasteiger partial charge in [0.1, 0.15) is 23.6 Å². The van der Waals surface area contributed by atoms with E-state index >= 15 is 0 Å². The molecule has 1 N–H and O–H groups in total. The summed E-state index contributed by atoms with van der Waals surface area (Å²) in [5.74, 6) is 1.91. The fraction of sp³-hybridized carbons (Fsp3) is 0.333. The number of likely N-dealkylation sites (N-methyl/N-ethyl adjacent to an activating group) is 1. The van der Waals surface area contributed by atoms with Crippen LogP contribution in [0.25, 0.3) is 11.0 Å². The van der Waals surface area contributed by atoms with Crippen LogP contribution in [0.5, 0.6) is 0 Å². The lowest BCUT2D eigenvalue weighted by atomic mass is 10.2. The van der Waals surface area contributed by atoms with Crippen LogP contribution in [0.2, 0.25) is 0 Å². The van der Waals surface area contributed by atoms with Gasteiger partial charge in [0.05, 0.1) is 11.6 Å². The Hall–Kier alpha value is -2.70. The first-order chi connectivity index (χ1) is 10.8. The predicted molar refractivity (Wildman–Crippen MR) is 84.9 cm³/mol. The smallest absolute Gasteiger partial charge is 0.147 e. The zero-order valence-electron chi connectivity index (χ0n) is 12.3. The third kappa shape index (κ3) is 2.14. The van der Waals surface area contributed by atoms with Crippen molar-refractivity contribution in [3.63, 3.8) is 0 Å². The number of aromatic nitrogens is 5. The molecule has 1 fully saturated rings. The summed E-state index contributed by atoms with van der Waals surface area (Å²) < 4.78 is 0. The van der Waals surface area contributed by atoms with Crippen LogP contribution in [0.1, 0.15) is 6.42 Å². The second kappa shape index (κ2) is 5.25. The second-order valence-electron chi connectivity index (χ2n) is 5.50. The number of H-pyrrole nitrogens is 1. The van der Waals surface area contributed by atoms with Gasteiger partial charge in [-0.3, -0.25) is 4.98 Å². The van der Waals surface area contributed by atoms with Gasteiger partial charge >= 0.3 is 0 Å². The van der Waals surface area contributed by atoms with Gasteiger partial charge in [-0.1, -0.05) is 0 Å². The van der Waals surface area contributed by atoms with Gasteiger partial charge in [0, 0.05) is 44.8 Å². The molecule has 22 heavy (non-hydrogen) atoms. The summed E-state index contributed by atoms with van der Waals surface area (Å²) >= 11 is 0. The van der Waals surface area contributed by atoms with Crippen molar-refractivity contribution < 1.29 is 0 Å². The van der Waals surface area contributed by atoms with Gasteiger partial charge in [-0.15, -0.1) is 0 Å². The van der Waals surface area contributed by atoms with Crippen molar-refractivity contribution in [1.29, 1.82) is 0 Å². The van der Waals surface area contributed by atoms with Gasteiger partial charge in [-0.05, 0) is 12.5 Å². The molecule has 1 unspecified atom stereocenters. The van der Waals surface area contributed by atoms with E-state index in [1.165, 1.54) is 0 Å². The Morgan fingerprint density at radius 1 is 1.27 bits per heavy atom. The highest BCUT2D eigenvalue weighted by Gasteiger charge is 2.28. The molecule has 1 aliphatic rings. The minimum Gasteiger partial charge on any atom is -0.354 e. The Bertz CT molecular complexity index is 770. The lowest BCUT2D eigenvalue weighted by molar-refractivity contribution is 0.682. The SMILES string of the molecule is CN(c1cnccn1)C1CCN(c2ncnc3[nH]ccc23)C1. The molecule has 0 radical (unpaired) electrons. The first-order valence-corrected chi connectivity index (χ1v) is 7.35. The van der Waals surface area contributed by atoms with Crippen LogP contribution in [0.4, 0.5) is 11.6 Å². The van der Waals surface area contributed by atoms with Crippen molar-refractivity contribution >= 4 is 22.7 Å². The van der Waals surface area contributed by atoms with Gasteiger partial charge in [-0.25, -0.2) is 15.0 Å². The van der Waals surface area contributed by atoms with Gasteiger partial charge < -0.3 is 14.8 Å². The molecule has 4 heterocycles. The van der Waals surface area contributed by atoms with E-state index in [-0.39, 0.29) is 0 Å². The number of fused-ring (bicyclic) bond motifs is 1. The quantitative estimate of drug-likeness (QED) is 0.788. The zero-order chi connectivity index (χ0) is 14.9. The van der Waals surface area contributed by atoms with Crippen LogP contribution in [0, 0.1) is 0 Å². The molecule has 0 aliphatic carbocycles. The molecule has 0 bridgehead atoms. The van der Waals surface area contributed by atoms with E-state index in [1.54, 1.807) is 24.9 Å². The van der Waals surface area contributed by atoms with Crippen LogP contribution in [0.3, 0.4) is 0 Å². The Morgan fingerprint density at radius 3 is 3.09 bits per heavy atom. The zero-order valence-corrected chi connectivity index (χ0v) is 12.3. The molecule has 1 aliphatic heterocycles. The number of hydrogen-bond acceptors (Lipinski definition) is 6. The number of anilines is 2. The van der Waals surface area contributed by atoms with Crippen molar-refractivity contribution in [3.8, 4) is 0 Å². The van der Waals surface area contributed by atoms with Gasteiger partial charge in [0.2, 0.25) is 0 Å². The maximum atomic E-state index is 4.48. The van der Waals surface area contributed by atoms with Crippen LogP contribution in [-0.4, -0.2) is 51.1 Å². The molecule has 7 nitrogen and oxygen atoms in total. The maximum Gasteiger partial charge on any atom is 0.147 e. The Morgan fingerprint density at radius 2 is 2.23 bits per heavy atom. The van der Waals surface area contributed by atoms with Gasteiger partial charge in [0.25, 0.3) is 0 Å². The summed E-state index contributed by atoms with van der Waals surface area (Å²) in [6, 6.07) is 2.44. The number of nitrogens with one attached hydrogen (secondary N) is 1. The van der Waals surface area contributed by atoms with Crippen LogP contribution >= 0.6 is 0 Å². The van der Waals surface area contributed by atoms with E-state index in [2.05, 4.69) is 41.8 Å². The van der Waals surface area contributed by atoms with Crippen LogP contribution < -0.4 is 9.80 Å². The van der Waals surface area contributed by atoms with Crippen molar-refractivity contribution in [2.45, 2.75) is 12.5 Å². The monoisotopic (exact) mass is 295 g/mol. The number of aromatic amines is 1. The summed E-state index contributed by atoms with van der Waals surface area (Å²) in [6.07, 6.45) is 9.82. The summed E-state index contributed by atoms with van der Waals surface area (Å²) in [5, 5.41) is 1.07. The fourth-order valence-electron chi connectivity index (χ4n) is 3.02. The van der Waals surface area contributed by atoms with E-state index < -0.39 is 0 Å². The van der Waals surface area contributed by atoms with Gasteiger partial charge in [0.15, 0.2) is 0 Å². The lowest BCUT2D eigenvalue weighted by Crippen LogP contribution is -2.35. The van der Waals surface area contributed by atoms with Crippen molar-refractivity contribution in [1.82, 2.24) is 24.9 Å². The maximum absolute atomic E-state index is 4.48. The molecule has 112 valence electrons. The highest BCUT2D eigenvalue weighted by Crippen LogP contribution is 2.27. The summed E-state index contributed by atoms with van der Waals surface area (Å²) in [4.78, 5) is 24.9. The van der Waals surface area contributed by atoms with Crippen molar-refractivity contribution in [2.24, 2.45) is 0 Å². The summed E-state index contributed by atoms with van der Waals surface area (Å²) in [6.45, 7) is 1.90. The lowest BCUT2D eigenvalue weighted by Gasteiger charge is -2.25. The van der Waals surface area contributed by atoms with Crippen LogP contribution in [-0.2, 0) is 0 Å². The number of nitrogens with zero attached hydrogens (tertiary/aromatic N) is 6. The molecule has 0 saturated carbocycles. The average Bonchev–Trinajstić information content (AvgIpc) is 3.24. The van der Waals surface area contributed by atoms with E-state index in [0.717, 1.165) is 42.2 Å². The third-order valence-electron chi connectivity index (χ3n) is 4.25. The molecule has 7 heteroatoms. The molecule has 0 spiro atoms. The van der Waals surface area contributed by atoms with Crippen molar-refractivity contribution in [2.75, 3.05) is 29.9 Å². The topological polar surface area (TPSA) is 73.8 Å². The molecular weight excluding hydrogens is 278 g/mol. The summed E-state index contributed by atoms with van der Waals surface area (Å²) in [7, 11) is 2.07. The first-order valence-electron chi connectivity index (χ1n) is 7.35. The molecule has 0 amide bonds. The van der Waals surface area contributed by atoms with Gasteiger partial charge in [-0.2, -0.15) is 0 Å². The highest BCUT2D eigenvalue weighted by atomic mass is 15.3. The van der Waals surface area contributed by atoms with E-state index in [4.69, 9.17) is 0 Å². The largest absolute Gasteiger partial charge is 0.354 e. The van der Waals surface area contributed by atoms with E-state index in [1.807, 2.05) is 12.3 Å². The minimum absolute atomic E-state index is 0.403. The summed E-state index contributed by atoms with van der Waals surface area (Å²) in [5.41, 5.74) is 0.885. The Kier molecular flexibility index (Phi) is 3.10. The van der Waals surface area contributed by atoms with E-state index in [9.17, 15) is 0 Å². The molecule has 3 aromatic rings. The number of hydrogen-bond donors (Lipinski definition) is 1.